The number of hydrogen-bond donors (Lipinski definition) is 1. The first-order chi connectivity index (χ1) is 8.20. The predicted octanol–water partition coefficient (Wildman–Crippen LogP) is 2.55. The summed E-state index contributed by atoms with van der Waals surface area (Å²) in [5.41, 5.74) is 0.980. The van der Waals surface area contributed by atoms with E-state index in [2.05, 4.69) is 25.8 Å². The van der Waals surface area contributed by atoms with E-state index >= 15 is 0 Å². The van der Waals surface area contributed by atoms with Crippen LogP contribution in [0.2, 0.25) is 0 Å². The third kappa shape index (κ3) is 4.49. The van der Waals surface area contributed by atoms with Crippen molar-refractivity contribution in [2.75, 3.05) is 0 Å². The van der Waals surface area contributed by atoms with Gasteiger partial charge in [-0.25, -0.2) is 4.98 Å². The van der Waals surface area contributed by atoms with Crippen molar-refractivity contribution in [1.29, 1.82) is 0 Å². The molecule has 1 aromatic heterocycles. The van der Waals surface area contributed by atoms with Crippen LogP contribution in [0.5, 0.6) is 0 Å². The first-order valence-electron chi connectivity index (χ1n) is 5.74. The summed E-state index contributed by atoms with van der Waals surface area (Å²) in [6.07, 6.45) is -0.0654. The number of hydrogen-bond acceptors (Lipinski definition) is 4. The van der Waals surface area contributed by atoms with Crippen molar-refractivity contribution in [2.45, 2.75) is 50.5 Å². The molecule has 4 nitrogen and oxygen atoms in total. The molecule has 1 aromatic rings. The van der Waals surface area contributed by atoms with Crippen LogP contribution in [0.3, 0.4) is 0 Å². The molecule has 1 heterocycles. The fraction of sp³-hybridized carbons (Fsp3) is 0.667. The average Bonchev–Trinajstić information content (AvgIpc) is 2.64. The molecule has 0 bridgehead atoms. The lowest BCUT2D eigenvalue weighted by Crippen LogP contribution is -2.17. The van der Waals surface area contributed by atoms with Crippen LogP contribution in [-0.2, 0) is 26.8 Å². The lowest BCUT2D eigenvalue weighted by atomic mass is 9.93. The Balaban J connectivity index is 2.65. The third-order valence-corrected chi connectivity index (χ3v) is 5.15. The maximum Gasteiger partial charge on any atom is 0.304 e. The molecule has 1 N–H and O–H groups in total. The predicted molar refractivity (Wildman–Crippen MR) is 74.4 cm³/mol. The Labute approximate surface area is 114 Å². The Bertz CT molecular complexity index is 448. The normalized spacial score (nSPS) is 15.3. The molecule has 0 fully saturated rings. The van der Waals surface area contributed by atoms with Crippen LogP contribution >= 0.6 is 11.3 Å². The molecular weight excluding hydrogens is 270 g/mol. The fourth-order valence-corrected chi connectivity index (χ4v) is 3.67. The van der Waals surface area contributed by atoms with E-state index < -0.39 is 16.8 Å². The number of carbonyl (C=O) groups is 1. The quantitative estimate of drug-likeness (QED) is 0.904. The van der Waals surface area contributed by atoms with Crippen molar-refractivity contribution in [2.24, 2.45) is 0 Å². The van der Waals surface area contributed by atoms with Crippen LogP contribution in [0.4, 0.5) is 0 Å². The summed E-state index contributed by atoms with van der Waals surface area (Å²) in [4.78, 5) is 15.0. The van der Waals surface area contributed by atoms with Gasteiger partial charge >= 0.3 is 5.97 Å². The van der Waals surface area contributed by atoms with Gasteiger partial charge in [0.1, 0.15) is 5.01 Å². The van der Waals surface area contributed by atoms with Gasteiger partial charge in [0, 0.05) is 26.8 Å². The molecule has 0 aliphatic heterocycles. The molecule has 0 aliphatic rings. The van der Waals surface area contributed by atoms with E-state index in [1.807, 2.05) is 5.38 Å². The summed E-state index contributed by atoms with van der Waals surface area (Å²) < 4.78 is 11.9. The fourth-order valence-electron chi connectivity index (χ4n) is 1.32. The zero-order chi connectivity index (χ0) is 13.9. The standard InChI is InChI=1S/C12H19NO3S2/c1-8(5-11(14)15)18(16)7-10-13-9(6-17-10)12(2,3)4/h6,8H,5,7H2,1-4H3,(H,14,15). The van der Waals surface area contributed by atoms with E-state index in [0.29, 0.717) is 5.75 Å². The lowest BCUT2D eigenvalue weighted by Gasteiger charge is -2.14. The molecule has 6 heteroatoms. The number of aliphatic carboxylic acids is 1. The van der Waals surface area contributed by atoms with E-state index in [-0.39, 0.29) is 17.1 Å². The Morgan fingerprint density at radius 2 is 2.17 bits per heavy atom. The van der Waals surface area contributed by atoms with Crippen molar-refractivity contribution >= 4 is 28.1 Å². The van der Waals surface area contributed by atoms with E-state index in [4.69, 9.17) is 5.11 Å². The number of rotatable bonds is 5. The molecule has 2 atom stereocenters. The maximum atomic E-state index is 11.9. The molecule has 18 heavy (non-hydrogen) atoms. The minimum absolute atomic E-state index is 0.0110. The second-order valence-corrected chi connectivity index (χ2v) is 8.11. The summed E-state index contributed by atoms with van der Waals surface area (Å²) >= 11 is 1.49. The molecule has 0 spiro atoms. The summed E-state index contributed by atoms with van der Waals surface area (Å²) in [5.74, 6) is -0.569. The van der Waals surface area contributed by atoms with Gasteiger partial charge in [0.05, 0.1) is 17.9 Å². The van der Waals surface area contributed by atoms with Crippen molar-refractivity contribution < 1.29 is 14.1 Å². The van der Waals surface area contributed by atoms with Gasteiger partial charge in [-0.2, -0.15) is 0 Å². The number of carboxylic acid groups (broad SMARTS) is 1. The van der Waals surface area contributed by atoms with Crippen molar-refractivity contribution in [3.8, 4) is 0 Å². The maximum absolute atomic E-state index is 11.9. The highest BCUT2D eigenvalue weighted by Gasteiger charge is 2.20. The monoisotopic (exact) mass is 289 g/mol. The van der Waals surface area contributed by atoms with Gasteiger partial charge in [-0.1, -0.05) is 27.7 Å². The van der Waals surface area contributed by atoms with Gasteiger partial charge in [-0.05, 0) is 0 Å². The number of nitrogens with zero attached hydrogens (tertiary/aromatic N) is 1. The largest absolute Gasteiger partial charge is 0.481 e. The first-order valence-corrected chi connectivity index (χ1v) is 8.00. The smallest absolute Gasteiger partial charge is 0.304 e. The van der Waals surface area contributed by atoms with Gasteiger partial charge in [0.15, 0.2) is 0 Å². The number of thiazole rings is 1. The molecule has 0 aliphatic carbocycles. The zero-order valence-electron chi connectivity index (χ0n) is 11.1. The first kappa shape index (κ1) is 15.3. The van der Waals surface area contributed by atoms with Gasteiger partial charge in [-0.15, -0.1) is 11.3 Å². The van der Waals surface area contributed by atoms with E-state index in [0.717, 1.165) is 10.7 Å². The number of aromatic nitrogens is 1. The topological polar surface area (TPSA) is 67.3 Å². The van der Waals surface area contributed by atoms with Crippen molar-refractivity contribution in [1.82, 2.24) is 4.98 Å². The summed E-state index contributed by atoms with van der Waals surface area (Å²) in [5, 5.41) is 11.1. The van der Waals surface area contributed by atoms with Crippen LogP contribution in [0, 0.1) is 0 Å². The summed E-state index contributed by atoms with van der Waals surface area (Å²) in [6, 6.07) is 0. The molecule has 0 aromatic carbocycles. The van der Waals surface area contributed by atoms with Gasteiger partial charge in [-0.3, -0.25) is 9.00 Å². The van der Waals surface area contributed by atoms with Crippen LogP contribution in [-0.4, -0.2) is 25.5 Å². The highest BCUT2D eigenvalue weighted by atomic mass is 32.2. The number of carboxylic acids is 1. The Hall–Kier alpha value is -0.750. The molecule has 102 valence electrons. The second-order valence-electron chi connectivity index (χ2n) is 5.31. The lowest BCUT2D eigenvalue weighted by molar-refractivity contribution is -0.136. The van der Waals surface area contributed by atoms with E-state index in [1.165, 1.54) is 11.3 Å². The van der Waals surface area contributed by atoms with Crippen LogP contribution in [0.15, 0.2) is 5.38 Å². The van der Waals surface area contributed by atoms with Gasteiger partial charge < -0.3 is 5.11 Å². The van der Waals surface area contributed by atoms with E-state index in [1.54, 1.807) is 6.92 Å². The second kappa shape index (κ2) is 5.93. The van der Waals surface area contributed by atoms with Crippen LogP contribution < -0.4 is 0 Å². The minimum Gasteiger partial charge on any atom is -0.481 e. The molecule has 0 saturated carbocycles. The highest BCUT2D eigenvalue weighted by Crippen LogP contribution is 2.24. The van der Waals surface area contributed by atoms with Crippen molar-refractivity contribution in [3.63, 3.8) is 0 Å². The SMILES string of the molecule is CC(CC(=O)O)S(=O)Cc1nc(C(C)(C)C)cs1. The molecule has 0 amide bonds. The molecule has 1 rings (SSSR count). The van der Waals surface area contributed by atoms with Crippen LogP contribution in [0.25, 0.3) is 0 Å². The molecule has 0 radical (unpaired) electrons. The van der Waals surface area contributed by atoms with Gasteiger partial charge in [0.25, 0.3) is 0 Å². The third-order valence-electron chi connectivity index (χ3n) is 2.50. The molecule has 2 unspecified atom stereocenters. The highest BCUT2D eigenvalue weighted by molar-refractivity contribution is 7.85. The van der Waals surface area contributed by atoms with Crippen LogP contribution in [0.1, 0.15) is 44.8 Å². The Morgan fingerprint density at radius 3 is 2.61 bits per heavy atom. The average molecular weight is 289 g/mol. The molecule has 0 saturated heterocycles. The summed E-state index contributed by atoms with van der Waals surface area (Å²) in [7, 11) is -1.18. The summed E-state index contributed by atoms with van der Waals surface area (Å²) in [6.45, 7) is 7.93. The zero-order valence-corrected chi connectivity index (χ0v) is 12.7. The molecular formula is C12H19NO3S2. The van der Waals surface area contributed by atoms with Gasteiger partial charge in [0.2, 0.25) is 0 Å². The minimum atomic E-state index is -1.18. The van der Waals surface area contributed by atoms with Crippen molar-refractivity contribution in [3.05, 3.63) is 16.1 Å². The van der Waals surface area contributed by atoms with E-state index in [9.17, 15) is 9.00 Å². The Kier molecular flexibility index (Phi) is 5.04. The Morgan fingerprint density at radius 1 is 1.56 bits per heavy atom.